The Labute approximate surface area is 122 Å². The molecule has 1 aliphatic heterocycles. The van der Waals surface area contributed by atoms with Gasteiger partial charge in [-0.3, -0.25) is 0 Å². The molecule has 1 aromatic rings. The van der Waals surface area contributed by atoms with Gasteiger partial charge in [0, 0.05) is 24.2 Å². The normalized spacial score (nSPS) is 16.5. The molecular weight excluding hydrogens is 285 g/mol. The number of anilines is 1. The van der Waals surface area contributed by atoms with E-state index in [0.717, 1.165) is 24.1 Å². The van der Waals surface area contributed by atoms with Crippen LogP contribution >= 0.6 is 23.2 Å². The standard InChI is InChI=1S/C13H17Cl2N3O/c1-8-6-11(15)12(7-10(8)14)17-9-2-4-18(5-3-9)13(16)19/h6-7,9,17H,2-5H2,1H3,(H2,16,19). The molecule has 19 heavy (non-hydrogen) atoms. The minimum absolute atomic E-state index is 0.284. The molecule has 0 saturated carbocycles. The molecule has 0 radical (unpaired) electrons. The number of benzene rings is 1. The Morgan fingerprint density at radius 1 is 1.32 bits per heavy atom. The van der Waals surface area contributed by atoms with E-state index in [1.54, 1.807) is 4.90 Å². The highest BCUT2D eigenvalue weighted by molar-refractivity contribution is 6.35. The number of amides is 2. The van der Waals surface area contributed by atoms with E-state index in [4.69, 9.17) is 28.9 Å². The molecule has 2 rings (SSSR count). The van der Waals surface area contributed by atoms with Crippen molar-refractivity contribution in [2.75, 3.05) is 18.4 Å². The van der Waals surface area contributed by atoms with E-state index < -0.39 is 0 Å². The summed E-state index contributed by atoms with van der Waals surface area (Å²) in [6, 6.07) is 3.63. The van der Waals surface area contributed by atoms with Gasteiger partial charge in [0.25, 0.3) is 0 Å². The monoisotopic (exact) mass is 301 g/mol. The van der Waals surface area contributed by atoms with Crippen LogP contribution in [0.5, 0.6) is 0 Å². The Hall–Kier alpha value is -1.13. The zero-order chi connectivity index (χ0) is 14.0. The van der Waals surface area contributed by atoms with Crippen LogP contribution in [0, 0.1) is 6.92 Å². The minimum atomic E-state index is -0.352. The van der Waals surface area contributed by atoms with E-state index >= 15 is 0 Å². The van der Waals surface area contributed by atoms with Gasteiger partial charge in [-0.15, -0.1) is 0 Å². The van der Waals surface area contributed by atoms with Crippen LogP contribution < -0.4 is 11.1 Å². The van der Waals surface area contributed by atoms with Gasteiger partial charge in [-0.05, 0) is 37.5 Å². The van der Waals surface area contributed by atoms with Gasteiger partial charge in [-0.25, -0.2) is 4.79 Å². The second kappa shape index (κ2) is 5.88. The van der Waals surface area contributed by atoms with Gasteiger partial charge in [0.2, 0.25) is 0 Å². The van der Waals surface area contributed by atoms with E-state index in [9.17, 15) is 4.79 Å². The van der Waals surface area contributed by atoms with Crippen molar-refractivity contribution in [1.82, 2.24) is 4.90 Å². The lowest BCUT2D eigenvalue weighted by atomic mass is 10.0. The SMILES string of the molecule is Cc1cc(Cl)c(NC2CCN(C(N)=O)CC2)cc1Cl. The second-order valence-corrected chi connectivity index (χ2v) is 5.64. The van der Waals surface area contributed by atoms with Gasteiger partial charge in [0.05, 0.1) is 10.7 Å². The number of nitrogens with one attached hydrogen (secondary N) is 1. The van der Waals surface area contributed by atoms with Crippen molar-refractivity contribution < 1.29 is 4.79 Å². The molecule has 1 aliphatic rings. The first-order valence-corrected chi connectivity index (χ1v) is 6.99. The fourth-order valence-corrected chi connectivity index (χ4v) is 2.66. The third kappa shape index (κ3) is 3.45. The third-order valence-corrected chi connectivity index (χ3v) is 4.13. The van der Waals surface area contributed by atoms with Crippen molar-refractivity contribution in [1.29, 1.82) is 0 Å². The number of carbonyl (C=O) groups is 1. The lowest BCUT2D eigenvalue weighted by molar-refractivity contribution is 0.193. The molecule has 104 valence electrons. The summed E-state index contributed by atoms with van der Waals surface area (Å²) >= 11 is 12.3. The summed E-state index contributed by atoms with van der Waals surface area (Å²) in [6.07, 6.45) is 1.70. The summed E-state index contributed by atoms with van der Waals surface area (Å²) in [4.78, 5) is 12.7. The molecule has 0 unspecified atom stereocenters. The predicted molar refractivity (Wildman–Crippen MR) is 79.0 cm³/mol. The molecule has 2 amide bonds. The molecule has 1 saturated heterocycles. The van der Waals surface area contributed by atoms with Crippen molar-refractivity contribution in [3.63, 3.8) is 0 Å². The van der Waals surface area contributed by atoms with Crippen LogP contribution in [0.15, 0.2) is 12.1 Å². The number of nitrogens with zero attached hydrogens (tertiary/aromatic N) is 1. The Bertz CT molecular complexity index is 485. The van der Waals surface area contributed by atoms with Crippen LogP contribution in [0.1, 0.15) is 18.4 Å². The van der Waals surface area contributed by atoms with Gasteiger partial charge < -0.3 is 16.0 Å². The molecule has 0 aliphatic carbocycles. The Morgan fingerprint density at radius 3 is 2.53 bits per heavy atom. The number of piperidine rings is 1. The van der Waals surface area contributed by atoms with E-state index in [1.807, 2.05) is 19.1 Å². The number of urea groups is 1. The smallest absolute Gasteiger partial charge is 0.314 e. The number of nitrogens with two attached hydrogens (primary N) is 1. The van der Waals surface area contributed by atoms with Crippen LogP contribution in [0.25, 0.3) is 0 Å². The van der Waals surface area contributed by atoms with Crippen LogP contribution in [0.2, 0.25) is 10.0 Å². The number of rotatable bonds is 2. The quantitative estimate of drug-likeness (QED) is 0.881. The first-order valence-electron chi connectivity index (χ1n) is 6.24. The fourth-order valence-electron chi connectivity index (χ4n) is 2.22. The highest BCUT2D eigenvalue weighted by Crippen LogP contribution is 2.30. The molecule has 4 nitrogen and oxygen atoms in total. The average Bonchev–Trinajstić information content (AvgIpc) is 2.36. The maximum atomic E-state index is 11.0. The number of hydrogen-bond donors (Lipinski definition) is 2. The summed E-state index contributed by atoms with van der Waals surface area (Å²) in [5.41, 5.74) is 7.06. The van der Waals surface area contributed by atoms with Crippen molar-refractivity contribution in [2.45, 2.75) is 25.8 Å². The Morgan fingerprint density at radius 2 is 1.95 bits per heavy atom. The molecule has 3 N–H and O–H groups in total. The summed E-state index contributed by atoms with van der Waals surface area (Å²) in [7, 11) is 0. The van der Waals surface area contributed by atoms with Crippen molar-refractivity contribution in [3.05, 3.63) is 27.7 Å². The number of hydrogen-bond acceptors (Lipinski definition) is 2. The maximum Gasteiger partial charge on any atom is 0.314 e. The van der Waals surface area contributed by atoms with Crippen LogP contribution in [0.4, 0.5) is 10.5 Å². The van der Waals surface area contributed by atoms with E-state index in [1.165, 1.54) is 0 Å². The van der Waals surface area contributed by atoms with Gasteiger partial charge in [0.15, 0.2) is 0 Å². The number of likely N-dealkylation sites (tertiary alicyclic amines) is 1. The topological polar surface area (TPSA) is 58.4 Å². The lowest BCUT2D eigenvalue weighted by Gasteiger charge is -2.32. The molecule has 1 heterocycles. The van der Waals surface area contributed by atoms with Gasteiger partial charge in [-0.2, -0.15) is 0 Å². The molecule has 0 spiro atoms. The van der Waals surface area contributed by atoms with Gasteiger partial charge >= 0.3 is 6.03 Å². The van der Waals surface area contributed by atoms with Crippen LogP contribution in [-0.4, -0.2) is 30.1 Å². The van der Waals surface area contributed by atoms with Crippen molar-refractivity contribution >= 4 is 34.9 Å². The van der Waals surface area contributed by atoms with E-state index in [2.05, 4.69) is 5.32 Å². The molecule has 1 aromatic carbocycles. The Balaban J connectivity index is 1.99. The average molecular weight is 302 g/mol. The van der Waals surface area contributed by atoms with Crippen molar-refractivity contribution in [2.24, 2.45) is 5.73 Å². The lowest BCUT2D eigenvalue weighted by Crippen LogP contribution is -2.44. The number of primary amides is 1. The van der Waals surface area contributed by atoms with Crippen LogP contribution in [0.3, 0.4) is 0 Å². The first kappa shape index (κ1) is 14.3. The zero-order valence-electron chi connectivity index (χ0n) is 10.7. The number of carbonyl (C=O) groups excluding carboxylic acids is 1. The maximum absolute atomic E-state index is 11.0. The molecular formula is C13H17Cl2N3O. The molecule has 0 aromatic heterocycles. The Kier molecular flexibility index (Phi) is 4.42. The summed E-state index contributed by atoms with van der Waals surface area (Å²) < 4.78 is 0. The molecule has 0 atom stereocenters. The number of halogens is 2. The molecule has 1 fully saturated rings. The van der Waals surface area contributed by atoms with Gasteiger partial charge in [-0.1, -0.05) is 23.2 Å². The fraction of sp³-hybridized carbons (Fsp3) is 0.462. The molecule has 0 bridgehead atoms. The highest BCUT2D eigenvalue weighted by Gasteiger charge is 2.21. The zero-order valence-corrected chi connectivity index (χ0v) is 12.3. The van der Waals surface area contributed by atoms with Crippen LogP contribution in [-0.2, 0) is 0 Å². The van der Waals surface area contributed by atoms with Gasteiger partial charge in [0.1, 0.15) is 0 Å². The first-order chi connectivity index (χ1) is 8.97. The van der Waals surface area contributed by atoms with E-state index in [-0.39, 0.29) is 12.1 Å². The van der Waals surface area contributed by atoms with Crippen molar-refractivity contribution in [3.8, 4) is 0 Å². The van der Waals surface area contributed by atoms with E-state index in [0.29, 0.717) is 23.1 Å². The third-order valence-electron chi connectivity index (χ3n) is 3.41. The summed E-state index contributed by atoms with van der Waals surface area (Å²) in [5, 5.41) is 4.74. The minimum Gasteiger partial charge on any atom is -0.381 e. The highest BCUT2D eigenvalue weighted by atomic mass is 35.5. The second-order valence-electron chi connectivity index (χ2n) is 4.83. The predicted octanol–water partition coefficient (Wildman–Crippen LogP) is 3.26. The largest absolute Gasteiger partial charge is 0.381 e. The summed E-state index contributed by atoms with van der Waals surface area (Å²) in [5.74, 6) is 0. The number of aryl methyl sites for hydroxylation is 1. The molecule has 6 heteroatoms. The summed E-state index contributed by atoms with van der Waals surface area (Å²) in [6.45, 7) is 3.26.